The van der Waals surface area contributed by atoms with Crippen molar-refractivity contribution >= 4 is 23.6 Å². The zero-order chi connectivity index (χ0) is 25.0. The number of nitrogens with one attached hydrogen (secondary N) is 3. The minimum Gasteiger partial charge on any atom is -0.480 e. The lowest BCUT2D eigenvalue weighted by Gasteiger charge is -2.24. The number of rotatable bonds is 14. The van der Waals surface area contributed by atoms with Crippen molar-refractivity contribution in [2.45, 2.75) is 58.4 Å². The Morgan fingerprint density at radius 1 is 1.17 bits per heavy atom. The van der Waals surface area contributed by atoms with Gasteiger partial charge in [-0.2, -0.15) is 0 Å². The number of carbonyl (C=O) groups is 2. The summed E-state index contributed by atoms with van der Waals surface area (Å²) in [4.78, 5) is 38.4. The highest BCUT2D eigenvalue weighted by Crippen LogP contribution is 2.20. The molecule has 0 radical (unpaired) electrons. The predicted molar refractivity (Wildman–Crippen MR) is 136 cm³/mol. The Morgan fingerprint density at radius 3 is 2.71 bits per heavy atom. The molecule has 1 amide bonds. The second kappa shape index (κ2) is 13.6. The highest BCUT2D eigenvalue weighted by molar-refractivity contribution is 5.76. The number of hydrogen-bond donors (Lipinski definition) is 4. The molecule has 35 heavy (non-hydrogen) atoms. The molecule has 2 aromatic rings. The molecule has 4 N–H and O–H groups in total. The van der Waals surface area contributed by atoms with Gasteiger partial charge in [0.25, 0.3) is 0 Å². The van der Waals surface area contributed by atoms with E-state index in [1.165, 1.54) is 12.5 Å². The Balaban J connectivity index is 1.49. The molecule has 1 atom stereocenters. The Bertz CT molecular complexity index is 968. The molecule has 0 aromatic carbocycles. The summed E-state index contributed by atoms with van der Waals surface area (Å²) in [5.41, 5.74) is 3.30. The van der Waals surface area contributed by atoms with Crippen LogP contribution in [0.1, 0.15) is 49.4 Å². The quantitative estimate of drug-likeness (QED) is 0.299. The van der Waals surface area contributed by atoms with Crippen LogP contribution in [0, 0.1) is 6.92 Å². The normalized spacial score (nSPS) is 13.6. The van der Waals surface area contributed by atoms with Crippen LogP contribution >= 0.6 is 0 Å². The minimum atomic E-state index is -0.942. The van der Waals surface area contributed by atoms with Gasteiger partial charge in [0.15, 0.2) is 0 Å². The number of aryl methyl sites for hydroxylation is 3. The van der Waals surface area contributed by atoms with E-state index >= 15 is 0 Å². The fraction of sp³-hybridized carbons (Fsp3) is 0.560. The Labute approximate surface area is 207 Å². The molecule has 0 spiro atoms. The number of nitrogens with zero attached hydrogens (tertiary/aromatic N) is 4. The lowest BCUT2D eigenvalue weighted by atomic mass is 10.1. The van der Waals surface area contributed by atoms with E-state index in [1.807, 2.05) is 6.92 Å². The molecule has 3 rings (SSSR count). The van der Waals surface area contributed by atoms with Crippen molar-refractivity contribution < 1.29 is 14.7 Å². The van der Waals surface area contributed by atoms with Crippen molar-refractivity contribution in [2.24, 2.45) is 0 Å². The van der Waals surface area contributed by atoms with Crippen LogP contribution in [0.25, 0.3) is 0 Å². The van der Waals surface area contributed by atoms with Gasteiger partial charge in [-0.25, -0.2) is 19.7 Å². The van der Waals surface area contributed by atoms with Crippen LogP contribution in [0.4, 0.5) is 11.8 Å². The van der Waals surface area contributed by atoms with Crippen molar-refractivity contribution in [3.63, 3.8) is 0 Å². The Hall–Kier alpha value is -3.27. The average Bonchev–Trinajstić information content (AvgIpc) is 2.84. The van der Waals surface area contributed by atoms with Crippen LogP contribution in [-0.2, 0) is 22.4 Å². The van der Waals surface area contributed by atoms with Crippen LogP contribution in [0.2, 0.25) is 0 Å². The third-order valence-corrected chi connectivity index (χ3v) is 6.03. The van der Waals surface area contributed by atoms with Crippen LogP contribution in [0.15, 0.2) is 24.5 Å². The second-order valence-electron chi connectivity index (χ2n) is 9.03. The number of fused-ring (bicyclic) bond motifs is 1. The van der Waals surface area contributed by atoms with Crippen LogP contribution in [0.5, 0.6) is 0 Å². The van der Waals surface area contributed by atoms with Crippen molar-refractivity contribution in [3.05, 3.63) is 41.3 Å². The molecule has 10 heteroatoms. The molecular formula is C25H37N7O3. The third-order valence-electron chi connectivity index (χ3n) is 6.03. The number of aliphatic carboxylic acids is 1. The summed E-state index contributed by atoms with van der Waals surface area (Å²) in [5.74, 6) is 0.317. The van der Waals surface area contributed by atoms with E-state index in [2.05, 4.69) is 43.0 Å². The fourth-order valence-electron chi connectivity index (χ4n) is 4.07. The summed E-state index contributed by atoms with van der Waals surface area (Å²) in [5, 5.41) is 18.8. The average molecular weight is 484 g/mol. The Morgan fingerprint density at radius 2 is 1.97 bits per heavy atom. The van der Waals surface area contributed by atoms with Gasteiger partial charge >= 0.3 is 5.97 Å². The topological polar surface area (TPSA) is 132 Å². The number of anilines is 2. The molecule has 1 aliphatic rings. The van der Waals surface area contributed by atoms with E-state index < -0.39 is 12.0 Å². The highest BCUT2D eigenvalue weighted by atomic mass is 16.4. The van der Waals surface area contributed by atoms with Crippen molar-refractivity contribution in [3.8, 4) is 0 Å². The van der Waals surface area contributed by atoms with Gasteiger partial charge in [0.1, 0.15) is 11.9 Å². The Kier molecular flexibility index (Phi) is 10.2. The van der Waals surface area contributed by atoms with Gasteiger partial charge < -0.3 is 26.0 Å². The van der Waals surface area contributed by atoms with Crippen molar-refractivity contribution in [1.82, 2.24) is 25.2 Å². The summed E-state index contributed by atoms with van der Waals surface area (Å²) in [6.45, 7) is 6.94. The van der Waals surface area contributed by atoms with Crippen LogP contribution in [-0.4, -0.2) is 75.6 Å². The van der Waals surface area contributed by atoms with Gasteiger partial charge in [-0.15, -0.1) is 0 Å². The smallest absolute Gasteiger partial charge is 0.326 e. The molecule has 3 heterocycles. The lowest BCUT2D eigenvalue weighted by Crippen LogP contribution is -2.39. The van der Waals surface area contributed by atoms with Gasteiger partial charge in [0.2, 0.25) is 11.9 Å². The summed E-state index contributed by atoms with van der Waals surface area (Å²) in [7, 11) is 0. The molecule has 2 aromatic heterocycles. The number of amides is 1. The van der Waals surface area contributed by atoms with Gasteiger partial charge in [-0.1, -0.05) is 6.07 Å². The molecule has 0 fully saturated rings. The maximum atomic E-state index is 11.8. The first-order valence-electron chi connectivity index (χ1n) is 12.4. The van der Waals surface area contributed by atoms with E-state index in [0.717, 1.165) is 62.3 Å². The number of hydrogen-bond acceptors (Lipinski definition) is 8. The maximum absolute atomic E-state index is 11.8. The number of unbranched alkanes of at least 4 members (excludes halogenated alkanes) is 1. The first-order chi connectivity index (χ1) is 16.9. The molecule has 0 saturated heterocycles. The number of pyridine rings is 1. The van der Waals surface area contributed by atoms with Crippen LogP contribution < -0.4 is 16.0 Å². The molecule has 1 aliphatic heterocycles. The van der Waals surface area contributed by atoms with E-state index in [9.17, 15) is 14.7 Å². The molecule has 10 nitrogen and oxygen atoms in total. The molecule has 1 unspecified atom stereocenters. The minimum absolute atomic E-state index is 0.0707. The number of carboxylic acids is 1. The molecule has 0 bridgehead atoms. The molecular weight excluding hydrogens is 446 g/mol. The standard InChI is InChI=1S/C25H37N7O3/c1-18-16-28-25(29-17-18)31-22(24(34)35)10-14-32(15-12-26-19(2)33)13-4-3-7-21-9-8-20-6-5-11-27-23(20)30-21/h8-9,16-17,22H,3-7,10-15H2,1-2H3,(H,26,33)(H,27,30)(H,34,35)(H,28,29,31). The van der Waals surface area contributed by atoms with Crippen molar-refractivity contribution in [2.75, 3.05) is 43.4 Å². The first kappa shape index (κ1) is 26.3. The van der Waals surface area contributed by atoms with Gasteiger partial charge in [-0.3, -0.25) is 4.79 Å². The van der Waals surface area contributed by atoms with E-state index in [4.69, 9.17) is 4.98 Å². The number of carboxylic acid groups (broad SMARTS) is 1. The van der Waals surface area contributed by atoms with Gasteiger partial charge in [0.05, 0.1) is 0 Å². The SMILES string of the molecule is CC(=O)NCCN(CCCCc1ccc2c(n1)NCCC2)CCC(Nc1ncc(C)cn1)C(=O)O. The van der Waals surface area contributed by atoms with E-state index in [-0.39, 0.29) is 5.91 Å². The van der Waals surface area contributed by atoms with Gasteiger partial charge in [0, 0.05) is 51.2 Å². The number of carbonyl (C=O) groups excluding carboxylic acids is 1. The first-order valence-corrected chi connectivity index (χ1v) is 12.4. The lowest BCUT2D eigenvalue weighted by molar-refractivity contribution is -0.138. The summed E-state index contributed by atoms with van der Waals surface area (Å²) in [6.07, 6.45) is 8.78. The predicted octanol–water partition coefficient (Wildman–Crippen LogP) is 2.25. The largest absolute Gasteiger partial charge is 0.480 e. The monoisotopic (exact) mass is 483 g/mol. The zero-order valence-electron chi connectivity index (χ0n) is 20.7. The molecule has 0 saturated carbocycles. The highest BCUT2D eigenvalue weighted by Gasteiger charge is 2.20. The van der Waals surface area contributed by atoms with Gasteiger partial charge in [-0.05, 0) is 69.2 Å². The fourth-order valence-corrected chi connectivity index (χ4v) is 4.07. The summed E-state index contributed by atoms with van der Waals surface area (Å²) >= 11 is 0. The van der Waals surface area contributed by atoms with E-state index in [0.29, 0.717) is 32.0 Å². The summed E-state index contributed by atoms with van der Waals surface area (Å²) in [6, 6.07) is 3.50. The van der Waals surface area contributed by atoms with Crippen LogP contribution in [0.3, 0.4) is 0 Å². The summed E-state index contributed by atoms with van der Waals surface area (Å²) < 4.78 is 0. The van der Waals surface area contributed by atoms with E-state index in [1.54, 1.807) is 12.4 Å². The third kappa shape index (κ3) is 9.12. The van der Waals surface area contributed by atoms with Crippen molar-refractivity contribution in [1.29, 1.82) is 0 Å². The number of aromatic nitrogens is 3. The second-order valence-corrected chi connectivity index (χ2v) is 9.03. The maximum Gasteiger partial charge on any atom is 0.326 e. The molecule has 190 valence electrons. The molecule has 0 aliphatic carbocycles. The zero-order valence-corrected chi connectivity index (χ0v) is 20.7.